The number of anilines is 1. The molecule has 0 heterocycles. The Labute approximate surface area is 246 Å². The Balaban J connectivity index is 1.12. The molecule has 0 aromatic heterocycles. The number of fused-ring (bicyclic) bond motifs is 5. The van der Waals surface area contributed by atoms with Crippen molar-refractivity contribution in [2.45, 2.75) is 131 Å². The molecule has 4 aliphatic rings. The quantitative estimate of drug-likeness (QED) is 0.343. The molecule has 3 heteroatoms. The molecule has 1 N–H and O–H groups in total. The van der Waals surface area contributed by atoms with Gasteiger partial charge in [0.25, 0.3) is 0 Å². The van der Waals surface area contributed by atoms with Crippen molar-refractivity contribution in [1.29, 1.82) is 0 Å². The highest BCUT2D eigenvalue weighted by molar-refractivity contribution is 5.84. The Hall–Kier alpha value is -1.51. The molecule has 2 unspecified atom stereocenters. The molecule has 3 nitrogen and oxygen atoms in total. The van der Waals surface area contributed by atoms with Gasteiger partial charge in [-0.2, -0.15) is 0 Å². The average Bonchev–Trinajstić information content (AvgIpc) is 3.27. The summed E-state index contributed by atoms with van der Waals surface area (Å²) in [5.41, 5.74) is 3.29. The van der Waals surface area contributed by atoms with Crippen molar-refractivity contribution in [2.24, 2.45) is 52.3 Å². The van der Waals surface area contributed by atoms with Crippen molar-refractivity contribution in [1.82, 2.24) is 0 Å². The third-order valence-corrected chi connectivity index (χ3v) is 13.1. The SMILES string of the molecule is CC[C@H]1C[C@H]2C3CCC([C@H](C)CCCOC(=O)Nc4ccc(C(C)(C)C)cc4)[C@@]3(C)CC[C@@H]2[C@@]2(C)CCCC[C@@H]12. The van der Waals surface area contributed by atoms with Crippen LogP contribution in [-0.2, 0) is 10.2 Å². The first kappa shape index (κ1) is 30.0. The van der Waals surface area contributed by atoms with Gasteiger partial charge in [-0.3, -0.25) is 5.32 Å². The van der Waals surface area contributed by atoms with Crippen LogP contribution >= 0.6 is 0 Å². The molecule has 0 bridgehead atoms. The Morgan fingerprint density at radius 1 is 0.975 bits per heavy atom. The maximum absolute atomic E-state index is 12.4. The lowest BCUT2D eigenvalue weighted by Crippen LogP contribution is -2.55. The summed E-state index contributed by atoms with van der Waals surface area (Å²) in [5, 5.41) is 2.90. The molecule has 0 saturated heterocycles. The number of benzene rings is 1. The zero-order chi connectivity index (χ0) is 28.7. The second-order valence-corrected chi connectivity index (χ2v) is 16.1. The maximum Gasteiger partial charge on any atom is 0.411 e. The summed E-state index contributed by atoms with van der Waals surface area (Å²) >= 11 is 0. The topological polar surface area (TPSA) is 38.3 Å². The molecule has 40 heavy (non-hydrogen) atoms. The van der Waals surface area contributed by atoms with Crippen LogP contribution in [0.2, 0.25) is 0 Å². The van der Waals surface area contributed by atoms with Crippen LogP contribution in [0.5, 0.6) is 0 Å². The lowest BCUT2D eigenvalue weighted by Gasteiger charge is -2.63. The fourth-order valence-corrected chi connectivity index (χ4v) is 11.0. The van der Waals surface area contributed by atoms with Crippen molar-refractivity contribution in [3.63, 3.8) is 0 Å². The highest BCUT2D eigenvalue weighted by Crippen LogP contribution is 2.69. The van der Waals surface area contributed by atoms with Gasteiger partial charge in [-0.15, -0.1) is 0 Å². The third kappa shape index (κ3) is 5.61. The molecular weight excluding hydrogens is 490 g/mol. The van der Waals surface area contributed by atoms with Gasteiger partial charge in [0.1, 0.15) is 0 Å². The van der Waals surface area contributed by atoms with Gasteiger partial charge in [0.15, 0.2) is 0 Å². The highest BCUT2D eigenvalue weighted by atomic mass is 16.5. The number of hydrogen-bond donors (Lipinski definition) is 1. The Morgan fingerprint density at radius 3 is 2.40 bits per heavy atom. The van der Waals surface area contributed by atoms with Gasteiger partial charge >= 0.3 is 6.09 Å². The molecule has 0 spiro atoms. The van der Waals surface area contributed by atoms with E-state index in [0.717, 1.165) is 54.0 Å². The molecule has 4 aliphatic carbocycles. The summed E-state index contributed by atoms with van der Waals surface area (Å²) < 4.78 is 5.59. The van der Waals surface area contributed by atoms with Crippen molar-refractivity contribution in [2.75, 3.05) is 11.9 Å². The van der Waals surface area contributed by atoms with Crippen LogP contribution in [0.1, 0.15) is 131 Å². The molecular formula is C37H59NO2. The third-order valence-electron chi connectivity index (χ3n) is 13.1. The molecule has 0 radical (unpaired) electrons. The van der Waals surface area contributed by atoms with Crippen LogP contribution in [0.25, 0.3) is 0 Å². The second kappa shape index (κ2) is 11.6. The smallest absolute Gasteiger partial charge is 0.411 e. The largest absolute Gasteiger partial charge is 0.449 e. The van der Waals surface area contributed by atoms with E-state index in [1.807, 2.05) is 12.1 Å². The van der Waals surface area contributed by atoms with Crippen LogP contribution in [0.15, 0.2) is 24.3 Å². The predicted molar refractivity (Wildman–Crippen MR) is 168 cm³/mol. The van der Waals surface area contributed by atoms with Crippen LogP contribution in [0.3, 0.4) is 0 Å². The van der Waals surface area contributed by atoms with E-state index in [-0.39, 0.29) is 11.5 Å². The van der Waals surface area contributed by atoms with E-state index in [2.05, 4.69) is 65.9 Å². The standard InChI is InChI=1S/C37H59NO2/c1-8-26-24-29-32-19-18-30(37(32,7)22-20-33(29)36(6)21-10-9-13-31(26)36)25(2)12-11-23-40-34(39)38-28-16-14-27(15-17-28)35(3,4)5/h14-17,25-26,29-33H,8-13,18-24H2,1-7H3,(H,38,39)/t25-,26+,29+,30?,31+,32?,33+,36+,37-/m1/s1. The van der Waals surface area contributed by atoms with Gasteiger partial charge in [-0.1, -0.05) is 79.9 Å². The summed E-state index contributed by atoms with van der Waals surface area (Å²) in [6.45, 7) is 17.5. The lowest BCUT2D eigenvalue weighted by molar-refractivity contribution is -0.138. The zero-order valence-electron chi connectivity index (χ0n) is 26.9. The fraction of sp³-hybridized carbons (Fsp3) is 0.811. The lowest BCUT2D eigenvalue weighted by atomic mass is 9.42. The number of rotatable bonds is 7. The van der Waals surface area contributed by atoms with E-state index >= 15 is 0 Å². The first-order valence-corrected chi connectivity index (χ1v) is 17.0. The minimum atomic E-state index is -0.334. The maximum atomic E-state index is 12.4. The first-order chi connectivity index (χ1) is 19.0. The van der Waals surface area contributed by atoms with Gasteiger partial charge in [-0.25, -0.2) is 4.79 Å². The highest BCUT2D eigenvalue weighted by Gasteiger charge is 2.61. The molecule has 0 aliphatic heterocycles. The molecule has 4 fully saturated rings. The minimum Gasteiger partial charge on any atom is -0.449 e. The van der Waals surface area contributed by atoms with E-state index < -0.39 is 0 Å². The van der Waals surface area contributed by atoms with E-state index in [0.29, 0.717) is 23.4 Å². The summed E-state index contributed by atoms with van der Waals surface area (Å²) in [6.07, 6.45) is 16.4. The molecule has 9 atom stereocenters. The van der Waals surface area contributed by atoms with E-state index in [1.165, 1.54) is 69.8 Å². The summed E-state index contributed by atoms with van der Waals surface area (Å²) in [5.74, 6) is 6.35. The molecule has 224 valence electrons. The number of carbonyl (C=O) groups is 1. The number of nitrogens with one attached hydrogen (secondary N) is 1. The summed E-state index contributed by atoms with van der Waals surface area (Å²) in [6, 6.07) is 8.12. The molecule has 1 amide bonds. The molecule has 4 saturated carbocycles. The average molecular weight is 550 g/mol. The van der Waals surface area contributed by atoms with Crippen LogP contribution in [-0.4, -0.2) is 12.7 Å². The van der Waals surface area contributed by atoms with Crippen molar-refractivity contribution in [3.8, 4) is 0 Å². The van der Waals surface area contributed by atoms with Gasteiger partial charge in [0.05, 0.1) is 6.61 Å². The second-order valence-electron chi connectivity index (χ2n) is 16.1. The minimum absolute atomic E-state index is 0.108. The van der Waals surface area contributed by atoms with Gasteiger partial charge in [0.2, 0.25) is 0 Å². The fourth-order valence-electron chi connectivity index (χ4n) is 11.0. The normalized spacial score (nSPS) is 38.1. The summed E-state index contributed by atoms with van der Waals surface area (Å²) in [4.78, 5) is 12.4. The predicted octanol–water partition coefficient (Wildman–Crippen LogP) is 10.6. The van der Waals surface area contributed by atoms with Crippen LogP contribution in [0, 0.1) is 52.3 Å². The number of ether oxygens (including phenoxy) is 1. The monoisotopic (exact) mass is 549 g/mol. The number of carbonyl (C=O) groups excluding carboxylic acids is 1. The Bertz CT molecular complexity index is 1010. The summed E-state index contributed by atoms with van der Waals surface area (Å²) in [7, 11) is 0. The van der Waals surface area contributed by atoms with E-state index in [9.17, 15) is 4.79 Å². The van der Waals surface area contributed by atoms with E-state index in [4.69, 9.17) is 4.74 Å². The van der Waals surface area contributed by atoms with Crippen LogP contribution in [0.4, 0.5) is 10.5 Å². The van der Waals surface area contributed by atoms with E-state index in [1.54, 1.807) is 0 Å². The molecule has 5 rings (SSSR count). The van der Waals surface area contributed by atoms with Crippen molar-refractivity contribution >= 4 is 11.8 Å². The van der Waals surface area contributed by atoms with Crippen molar-refractivity contribution in [3.05, 3.63) is 29.8 Å². The van der Waals surface area contributed by atoms with Gasteiger partial charge in [-0.05, 0) is 133 Å². The number of amides is 1. The van der Waals surface area contributed by atoms with Crippen LogP contribution < -0.4 is 5.32 Å². The molecule has 1 aromatic carbocycles. The number of hydrogen-bond acceptors (Lipinski definition) is 2. The van der Waals surface area contributed by atoms with Gasteiger partial charge in [0, 0.05) is 5.69 Å². The molecule has 1 aromatic rings. The Morgan fingerprint density at radius 2 is 1.70 bits per heavy atom. The zero-order valence-corrected chi connectivity index (χ0v) is 26.9. The van der Waals surface area contributed by atoms with Crippen molar-refractivity contribution < 1.29 is 9.53 Å². The van der Waals surface area contributed by atoms with Gasteiger partial charge < -0.3 is 4.74 Å². The first-order valence-electron chi connectivity index (χ1n) is 17.0. The Kier molecular flexibility index (Phi) is 8.72.